The first-order valence-corrected chi connectivity index (χ1v) is 6.00. The zero-order chi connectivity index (χ0) is 14.7. The maximum Gasteiger partial charge on any atom is 0.249 e. The summed E-state index contributed by atoms with van der Waals surface area (Å²) in [6.07, 6.45) is 0. The molecule has 6 heteroatoms. The second-order valence-electron chi connectivity index (χ2n) is 4.56. The van der Waals surface area contributed by atoms with E-state index in [0.29, 0.717) is 11.3 Å². The fourth-order valence-corrected chi connectivity index (χ4v) is 2.39. The third-order valence-corrected chi connectivity index (χ3v) is 3.33. The van der Waals surface area contributed by atoms with Crippen molar-refractivity contribution in [2.24, 2.45) is 16.9 Å². The number of nitrogens with zero attached hydrogens (tertiary/aromatic N) is 3. The number of nitrogens with one attached hydrogen (secondary N) is 1. The van der Waals surface area contributed by atoms with Gasteiger partial charge in [-0.15, -0.1) is 0 Å². The summed E-state index contributed by atoms with van der Waals surface area (Å²) in [5, 5.41) is 31.7. The highest BCUT2D eigenvalue weighted by molar-refractivity contribution is 6.07. The molecule has 1 amide bonds. The van der Waals surface area contributed by atoms with Gasteiger partial charge in [0.05, 0.1) is 18.1 Å². The van der Waals surface area contributed by atoms with Gasteiger partial charge in [-0.05, 0) is 24.6 Å². The molecular formula is C14H12N4O2. The summed E-state index contributed by atoms with van der Waals surface area (Å²) >= 11 is 0. The second kappa shape index (κ2) is 5.41. The van der Waals surface area contributed by atoms with Gasteiger partial charge >= 0.3 is 0 Å². The Morgan fingerprint density at radius 3 is 2.60 bits per heavy atom. The molecule has 20 heavy (non-hydrogen) atoms. The molecule has 0 aliphatic carbocycles. The summed E-state index contributed by atoms with van der Waals surface area (Å²) < 4.78 is 0. The Bertz CT molecular complexity index is 640. The molecule has 0 bridgehead atoms. The Morgan fingerprint density at radius 2 is 2.10 bits per heavy atom. The Morgan fingerprint density at radius 1 is 1.40 bits per heavy atom. The standard InChI is InChI=1S/C14H12N4O2/c1-8-12(14(20)18-17-8)13(10(6-15)7-16)9-3-2-4-11(19)5-9/h2-5,10,12-13,19H,1H3,(H,18,20)/t12-,13-/m1/s1. The fourth-order valence-electron chi connectivity index (χ4n) is 2.39. The van der Waals surface area contributed by atoms with E-state index < -0.39 is 17.8 Å². The normalized spacial score (nSPS) is 18.9. The van der Waals surface area contributed by atoms with Crippen LogP contribution < -0.4 is 5.43 Å². The van der Waals surface area contributed by atoms with E-state index in [0.717, 1.165) is 0 Å². The molecule has 2 atom stereocenters. The first-order valence-electron chi connectivity index (χ1n) is 6.00. The van der Waals surface area contributed by atoms with Crippen LogP contribution in [-0.4, -0.2) is 16.7 Å². The van der Waals surface area contributed by atoms with Crippen LogP contribution in [0.5, 0.6) is 5.75 Å². The number of phenols is 1. The molecule has 0 radical (unpaired) electrons. The van der Waals surface area contributed by atoms with Gasteiger partial charge in [0.2, 0.25) is 5.91 Å². The summed E-state index contributed by atoms with van der Waals surface area (Å²) in [7, 11) is 0. The third-order valence-electron chi connectivity index (χ3n) is 3.33. The molecule has 0 saturated heterocycles. The number of benzene rings is 1. The lowest BCUT2D eigenvalue weighted by Gasteiger charge is -2.23. The van der Waals surface area contributed by atoms with Crippen molar-refractivity contribution in [3.8, 4) is 17.9 Å². The molecule has 0 aromatic heterocycles. The van der Waals surface area contributed by atoms with E-state index in [1.54, 1.807) is 19.1 Å². The van der Waals surface area contributed by atoms with Gasteiger partial charge in [0.1, 0.15) is 11.7 Å². The Kier molecular flexibility index (Phi) is 3.67. The highest BCUT2D eigenvalue weighted by atomic mass is 16.3. The summed E-state index contributed by atoms with van der Waals surface area (Å²) in [6, 6.07) is 10.1. The van der Waals surface area contributed by atoms with Crippen molar-refractivity contribution >= 4 is 11.6 Å². The van der Waals surface area contributed by atoms with Crippen LogP contribution in [-0.2, 0) is 4.79 Å². The molecular weight excluding hydrogens is 256 g/mol. The van der Waals surface area contributed by atoms with Crippen molar-refractivity contribution < 1.29 is 9.90 Å². The van der Waals surface area contributed by atoms with Crippen molar-refractivity contribution in [3.05, 3.63) is 29.8 Å². The summed E-state index contributed by atoms with van der Waals surface area (Å²) in [4.78, 5) is 11.9. The summed E-state index contributed by atoms with van der Waals surface area (Å²) in [5.41, 5.74) is 3.45. The average Bonchev–Trinajstić information content (AvgIpc) is 2.76. The van der Waals surface area contributed by atoms with Gasteiger partial charge in [-0.2, -0.15) is 15.6 Å². The highest BCUT2D eigenvalue weighted by Gasteiger charge is 2.40. The lowest BCUT2D eigenvalue weighted by Crippen LogP contribution is -2.32. The zero-order valence-electron chi connectivity index (χ0n) is 10.7. The van der Waals surface area contributed by atoms with E-state index >= 15 is 0 Å². The molecule has 6 nitrogen and oxygen atoms in total. The molecule has 0 unspecified atom stereocenters. The summed E-state index contributed by atoms with van der Waals surface area (Å²) in [5.74, 6) is -2.67. The zero-order valence-corrected chi connectivity index (χ0v) is 10.7. The van der Waals surface area contributed by atoms with E-state index in [-0.39, 0.29) is 11.7 Å². The monoisotopic (exact) mass is 268 g/mol. The van der Waals surface area contributed by atoms with Crippen molar-refractivity contribution in [3.63, 3.8) is 0 Å². The fraction of sp³-hybridized carbons (Fsp3) is 0.286. The average molecular weight is 268 g/mol. The van der Waals surface area contributed by atoms with Crippen LogP contribution >= 0.6 is 0 Å². The number of aromatic hydroxyl groups is 1. The number of nitriles is 2. The Labute approximate surface area is 116 Å². The minimum Gasteiger partial charge on any atom is -0.508 e. The SMILES string of the molecule is CC1=NNC(=O)[C@H]1[C@H](c1cccc(O)c1)C(C#N)C#N. The van der Waals surface area contributed by atoms with Gasteiger partial charge in [-0.3, -0.25) is 4.79 Å². The predicted octanol–water partition coefficient (Wildman–Crippen LogP) is 1.26. The molecule has 1 aliphatic heterocycles. The van der Waals surface area contributed by atoms with E-state index in [2.05, 4.69) is 10.5 Å². The minimum atomic E-state index is -1.00. The van der Waals surface area contributed by atoms with Crippen LogP contribution in [0, 0.1) is 34.5 Å². The van der Waals surface area contributed by atoms with Crippen LogP contribution in [0.4, 0.5) is 0 Å². The molecule has 0 saturated carbocycles. The van der Waals surface area contributed by atoms with E-state index in [9.17, 15) is 9.90 Å². The first kappa shape index (κ1) is 13.6. The maximum atomic E-state index is 11.9. The van der Waals surface area contributed by atoms with Gasteiger partial charge < -0.3 is 5.11 Å². The van der Waals surface area contributed by atoms with Gasteiger partial charge in [-0.1, -0.05) is 12.1 Å². The van der Waals surface area contributed by atoms with Crippen molar-refractivity contribution in [2.75, 3.05) is 0 Å². The number of hydrazone groups is 1. The van der Waals surface area contributed by atoms with Crippen LogP contribution in [0.3, 0.4) is 0 Å². The number of hydrogen-bond donors (Lipinski definition) is 2. The van der Waals surface area contributed by atoms with E-state index in [1.807, 2.05) is 12.1 Å². The van der Waals surface area contributed by atoms with Crippen molar-refractivity contribution in [1.82, 2.24) is 5.43 Å². The molecule has 2 N–H and O–H groups in total. The number of rotatable bonds is 3. The number of carbonyl (C=O) groups excluding carboxylic acids is 1. The second-order valence-corrected chi connectivity index (χ2v) is 4.56. The number of amides is 1. The van der Waals surface area contributed by atoms with Crippen molar-refractivity contribution in [2.45, 2.75) is 12.8 Å². The molecule has 1 aliphatic rings. The molecule has 100 valence electrons. The third kappa shape index (κ3) is 2.32. The van der Waals surface area contributed by atoms with Gasteiger partial charge in [0.15, 0.2) is 0 Å². The number of carbonyl (C=O) groups is 1. The van der Waals surface area contributed by atoms with Crippen LogP contribution in [0.25, 0.3) is 0 Å². The number of phenolic OH excluding ortho intramolecular Hbond substituents is 1. The first-order chi connectivity index (χ1) is 9.58. The molecule has 1 aromatic rings. The Hall–Kier alpha value is -2.86. The lowest BCUT2D eigenvalue weighted by molar-refractivity contribution is -0.122. The number of hydrogen-bond acceptors (Lipinski definition) is 5. The maximum absolute atomic E-state index is 11.9. The molecule has 1 aromatic carbocycles. The minimum absolute atomic E-state index is 0.0233. The van der Waals surface area contributed by atoms with Gasteiger partial charge in [-0.25, -0.2) is 5.43 Å². The van der Waals surface area contributed by atoms with Gasteiger partial charge in [0, 0.05) is 11.6 Å². The molecule has 0 fully saturated rings. The topological polar surface area (TPSA) is 109 Å². The predicted molar refractivity (Wildman–Crippen MR) is 70.3 cm³/mol. The van der Waals surface area contributed by atoms with Crippen LogP contribution in [0.15, 0.2) is 29.4 Å². The van der Waals surface area contributed by atoms with E-state index in [4.69, 9.17) is 10.5 Å². The summed E-state index contributed by atoms with van der Waals surface area (Å²) in [6.45, 7) is 1.67. The van der Waals surface area contributed by atoms with Crippen molar-refractivity contribution in [1.29, 1.82) is 10.5 Å². The largest absolute Gasteiger partial charge is 0.508 e. The van der Waals surface area contributed by atoms with Crippen LogP contribution in [0.1, 0.15) is 18.4 Å². The smallest absolute Gasteiger partial charge is 0.249 e. The quantitative estimate of drug-likeness (QED) is 0.859. The Balaban J connectivity index is 2.52. The highest BCUT2D eigenvalue weighted by Crippen LogP contribution is 2.36. The molecule has 0 spiro atoms. The van der Waals surface area contributed by atoms with Crippen LogP contribution in [0.2, 0.25) is 0 Å². The van der Waals surface area contributed by atoms with Gasteiger partial charge in [0.25, 0.3) is 0 Å². The molecule has 1 heterocycles. The molecule has 2 rings (SSSR count). The van der Waals surface area contributed by atoms with E-state index in [1.165, 1.54) is 12.1 Å². The lowest BCUT2D eigenvalue weighted by atomic mass is 9.76.